The first-order valence-electron chi connectivity index (χ1n) is 7.41. The number of aliphatic hydroxyl groups excluding tert-OH is 1. The summed E-state index contributed by atoms with van der Waals surface area (Å²) in [5.41, 5.74) is 0.563. The third kappa shape index (κ3) is 4.62. The summed E-state index contributed by atoms with van der Waals surface area (Å²) in [5.74, 6) is 0.935. The quantitative estimate of drug-likeness (QED) is 0.546. The van der Waals surface area contributed by atoms with Crippen LogP contribution in [0.5, 0.6) is 0 Å². The molecule has 0 radical (unpaired) electrons. The Bertz CT molecular complexity index is 838. The molecule has 1 aromatic carbocycles. The molecule has 1 amide bonds. The highest BCUT2D eigenvalue weighted by molar-refractivity contribution is 7.98. The number of rotatable bonds is 7. The number of aromatic nitrogens is 3. The Balaban J connectivity index is 1.52. The molecule has 25 heavy (non-hydrogen) atoms. The van der Waals surface area contributed by atoms with Crippen LogP contribution >= 0.6 is 23.4 Å². The number of carbonyl (C=O) groups excluding carboxylic acids is 1. The van der Waals surface area contributed by atoms with Crippen molar-refractivity contribution in [2.45, 2.75) is 17.0 Å². The van der Waals surface area contributed by atoms with Crippen molar-refractivity contribution in [3.05, 3.63) is 64.8 Å². The lowest BCUT2D eigenvalue weighted by atomic mass is 10.1. The zero-order chi connectivity index (χ0) is 17.6. The standard InChI is InChI=1S/C16H15ClN4O3S/c17-12-4-2-1-3-11(12)13(22)7-18-15(23)14-6-5-10(24-14)8-25-16-19-9-20-21-16/h1-6,9,13,22H,7-8H2,(H,18,23)(H,19,20,21)/t13-/m0/s1. The molecule has 7 nitrogen and oxygen atoms in total. The summed E-state index contributed by atoms with van der Waals surface area (Å²) in [6, 6.07) is 10.3. The molecule has 3 aromatic rings. The first-order chi connectivity index (χ1) is 12.1. The highest BCUT2D eigenvalue weighted by atomic mass is 35.5. The van der Waals surface area contributed by atoms with E-state index in [9.17, 15) is 9.90 Å². The van der Waals surface area contributed by atoms with E-state index in [2.05, 4.69) is 20.5 Å². The van der Waals surface area contributed by atoms with Gasteiger partial charge < -0.3 is 14.8 Å². The van der Waals surface area contributed by atoms with Crippen LogP contribution < -0.4 is 5.32 Å². The zero-order valence-corrected chi connectivity index (χ0v) is 14.5. The maximum atomic E-state index is 12.1. The fourth-order valence-corrected chi connectivity index (χ4v) is 3.05. The number of nitrogens with one attached hydrogen (secondary N) is 2. The van der Waals surface area contributed by atoms with E-state index in [1.54, 1.807) is 36.4 Å². The number of aromatic amines is 1. The van der Waals surface area contributed by atoms with Gasteiger partial charge in [0.1, 0.15) is 12.1 Å². The Morgan fingerprint density at radius 1 is 1.36 bits per heavy atom. The van der Waals surface area contributed by atoms with Crippen molar-refractivity contribution < 1.29 is 14.3 Å². The van der Waals surface area contributed by atoms with E-state index in [1.807, 2.05) is 0 Å². The van der Waals surface area contributed by atoms with E-state index in [0.29, 0.717) is 27.3 Å². The summed E-state index contributed by atoms with van der Waals surface area (Å²) >= 11 is 7.44. The summed E-state index contributed by atoms with van der Waals surface area (Å²) in [4.78, 5) is 16.1. The van der Waals surface area contributed by atoms with Crippen LogP contribution in [0.3, 0.4) is 0 Å². The molecule has 0 unspecified atom stereocenters. The van der Waals surface area contributed by atoms with Gasteiger partial charge in [-0.05, 0) is 18.2 Å². The van der Waals surface area contributed by atoms with Crippen LogP contribution in [0.1, 0.15) is 28.0 Å². The molecular formula is C16H15ClN4O3S. The Labute approximate surface area is 152 Å². The van der Waals surface area contributed by atoms with Crippen molar-refractivity contribution in [1.82, 2.24) is 20.5 Å². The molecule has 0 aliphatic rings. The van der Waals surface area contributed by atoms with Crippen LogP contribution in [0.25, 0.3) is 0 Å². The van der Waals surface area contributed by atoms with Gasteiger partial charge in [-0.3, -0.25) is 9.89 Å². The smallest absolute Gasteiger partial charge is 0.287 e. The highest BCUT2D eigenvalue weighted by Crippen LogP contribution is 2.22. The number of halogens is 1. The van der Waals surface area contributed by atoms with Crippen LogP contribution in [-0.2, 0) is 5.75 Å². The number of carbonyl (C=O) groups is 1. The van der Waals surface area contributed by atoms with Gasteiger partial charge in [0.25, 0.3) is 5.91 Å². The lowest BCUT2D eigenvalue weighted by molar-refractivity contribution is 0.0887. The molecule has 2 heterocycles. The van der Waals surface area contributed by atoms with Crippen molar-refractivity contribution in [3.63, 3.8) is 0 Å². The van der Waals surface area contributed by atoms with Crippen LogP contribution in [-0.4, -0.2) is 32.7 Å². The van der Waals surface area contributed by atoms with Gasteiger partial charge in [0.15, 0.2) is 10.9 Å². The van der Waals surface area contributed by atoms with Gasteiger partial charge in [0, 0.05) is 17.1 Å². The average Bonchev–Trinajstić information content (AvgIpc) is 3.29. The van der Waals surface area contributed by atoms with E-state index in [4.69, 9.17) is 16.0 Å². The number of amides is 1. The third-order valence-electron chi connectivity index (χ3n) is 3.35. The summed E-state index contributed by atoms with van der Waals surface area (Å²) in [6.45, 7) is 0.0331. The fraction of sp³-hybridized carbons (Fsp3) is 0.188. The number of furan rings is 1. The number of hydrogen-bond donors (Lipinski definition) is 3. The van der Waals surface area contributed by atoms with E-state index < -0.39 is 12.0 Å². The number of thioether (sulfide) groups is 1. The summed E-state index contributed by atoms with van der Waals surface area (Å²) in [6.07, 6.45) is 0.530. The molecule has 0 aliphatic heterocycles. The first kappa shape index (κ1) is 17.5. The van der Waals surface area contributed by atoms with Crippen LogP contribution in [0.15, 0.2) is 52.3 Å². The first-order valence-corrected chi connectivity index (χ1v) is 8.77. The summed E-state index contributed by atoms with van der Waals surface area (Å²) in [5, 5.41) is 20.4. The highest BCUT2D eigenvalue weighted by Gasteiger charge is 2.15. The monoisotopic (exact) mass is 378 g/mol. The van der Waals surface area contributed by atoms with Crippen molar-refractivity contribution in [2.24, 2.45) is 0 Å². The molecule has 2 aromatic heterocycles. The number of hydrogen-bond acceptors (Lipinski definition) is 6. The Kier molecular flexibility index (Phi) is 5.75. The van der Waals surface area contributed by atoms with Crippen molar-refractivity contribution >= 4 is 29.3 Å². The Morgan fingerprint density at radius 3 is 2.96 bits per heavy atom. The predicted octanol–water partition coefficient (Wildman–Crippen LogP) is 2.81. The van der Waals surface area contributed by atoms with Gasteiger partial charge in [-0.2, -0.15) is 5.10 Å². The molecule has 1 atom stereocenters. The average molecular weight is 379 g/mol. The fourth-order valence-electron chi connectivity index (χ4n) is 2.11. The van der Waals surface area contributed by atoms with Gasteiger partial charge in [0.05, 0.1) is 11.9 Å². The maximum Gasteiger partial charge on any atom is 0.287 e. The van der Waals surface area contributed by atoms with E-state index >= 15 is 0 Å². The van der Waals surface area contributed by atoms with Gasteiger partial charge in [-0.15, -0.1) is 0 Å². The van der Waals surface area contributed by atoms with Crippen molar-refractivity contribution in [1.29, 1.82) is 0 Å². The van der Waals surface area contributed by atoms with Gasteiger partial charge >= 0.3 is 0 Å². The Morgan fingerprint density at radius 2 is 2.20 bits per heavy atom. The van der Waals surface area contributed by atoms with Gasteiger partial charge in [-0.1, -0.05) is 41.6 Å². The minimum Gasteiger partial charge on any atom is -0.455 e. The second-order valence-corrected chi connectivity index (χ2v) is 6.46. The van der Waals surface area contributed by atoms with Gasteiger partial charge in [-0.25, -0.2) is 4.98 Å². The predicted molar refractivity (Wildman–Crippen MR) is 93.4 cm³/mol. The topological polar surface area (TPSA) is 104 Å². The number of aliphatic hydroxyl groups is 1. The van der Waals surface area contributed by atoms with Gasteiger partial charge in [0.2, 0.25) is 0 Å². The molecule has 0 spiro atoms. The number of H-pyrrole nitrogens is 1. The lowest BCUT2D eigenvalue weighted by Crippen LogP contribution is -2.28. The normalized spacial score (nSPS) is 12.1. The molecule has 0 aliphatic carbocycles. The van der Waals surface area contributed by atoms with E-state index in [-0.39, 0.29) is 12.3 Å². The minimum atomic E-state index is -0.894. The second kappa shape index (κ2) is 8.19. The van der Waals surface area contributed by atoms with Crippen LogP contribution in [0, 0.1) is 0 Å². The summed E-state index contributed by atoms with van der Waals surface area (Å²) in [7, 11) is 0. The summed E-state index contributed by atoms with van der Waals surface area (Å²) < 4.78 is 5.50. The molecule has 0 fully saturated rings. The molecule has 130 valence electrons. The Hall–Kier alpha value is -2.29. The molecule has 0 saturated carbocycles. The third-order valence-corrected chi connectivity index (χ3v) is 4.59. The zero-order valence-electron chi connectivity index (χ0n) is 13.0. The van der Waals surface area contributed by atoms with E-state index in [1.165, 1.54) is 18.1 Å². The lowest BCUT2D eigenvalue weighted by Gasteiger charge is -2.13. The molecule has 9 heteroatoms. The SMILES string of the molecule is O=C(NC[C@H](O)c1ccccc1Cl)c1ccc(CSc2ncn[nH]2)o1. The van der Waals surface area contributed by atoms with Crippen LogP contribution in [0.4, 0.5) is 0 Å². The second-order valence-electron chi connectivity index (χ2n) is 5.09. The largest absolute Gasteiger partial charge is 0.455 e. The minimum absolute atomic E-state index is 0.0331. The van der Waals surface area contributed by atoms with Crippen molar-refractivity contribution in [3.8, 4) is 0 Å². The molecular weight excluding hydrogens is 364 g/mol. The molecule has 0 bridgehead atoms. The van der Waals surface area contributed by atoms with Crippen LogP contribution in [0.2, 0.25) is 5.02 Å². The number of nitrogens with zero attached hydrogens (tertiary/aromatic N) is 2. The molecule has 0 saturated heterocycles. The maximum absolute atomic E-state index is 12.1. The van der Waals surface area contributed by atoms with E-state index in [0.717, 1.165) is 0 Å². The molecule has 3 rings (SSSR count). The number of benzene rings is 1. The molecule has 3 N–H and O–H groups in total. The van der Waals surface area contributed by atoms with Crippen molar-refractivity contribution in [2.75, 3.05) is 6.54 Å².